The molecule has 0 aliphatic heterocycles. The van der Waals surface area contributed by atoms with Crippen molar-refractivity contribution in [3.05, 3.63) is 47.4 Å². The molecule has 0 spiro atoms. The molecule has 142 valence electrons. The van der Waals surface area contributed by atoms with Crippen molar-refractivity contribution in [2.45, 2.75) is 56.6 Å². The van der Waals surface area contributed by atoms with E-state index in [0.717, 1.165) is 11.1 Å². The molecule has 1 heterocycles. The van der Waals surface area contributed by atoms with Gasteiger partial charge in [-0.1, -0.05) is 6.07 Å². The second-order valence-corrected chi connectivity index (χ2v) is 8.49. The van der Waals surface area contributed by atoms with Crippen LogP contribution in [0.5, 0.6) is 5.88 Å². The third-order valence-corrected chi connectivity index (χ3v) is 6.35. The second-order valence-electron chi connectivity index (χ2n) is 6.78. The second kappa shape index (κ2) is 8.03. The minimum atomic E-state index is -3.54. The van der Waals surface area contributed by atoms with Crippen molar-refractivity contribution in [3.63, 3.8) is 0 Å². The molecule has 2 aromatic rings. The van der Waals surface area contributed by atoms with Crippen LogP contribution in [0.15, 0.2) is 35.5 Å². The van der Waals surface area contributed by atoms with Gasteiger partial charge in [0.1, 0.15) is 12.2 Å². The van der Waals surface area contributed by atoms with E-state index in [2.05, 4.69) is 14.7 Å². The van der Waals surface area contributed by atoms with Crippen LogP contribution in [0, 0.1) is 25.2 Å². The Kier molecular flexibility index (Phi) is 5.73. The predicted octanol–water partition coefficient (Wildman–Crippen LogP) is 2.63. The maximum atomic E-state index is 12.6. The summed E-state index contributed by atoms with van der Waals surface area (Å²) in [6.07, 6.45) is 5.52. The lowest BCUT2D eigenvalue weighted by molar-refractivity contribution is 0.137. The molecule has 1 N–H and O–H groups in total. The molecule has 1 fully saturated rings. The van der Waals surface area contributed by atoms with Gasteiger partial charge in [-0.3, -0.25) is 0 Å². The zero-order valence-electron chi connectivity index (χ0n) is 15.3. The summed E-state index contributed by atoms with van der Waals surface area (Å²) in [7, 11) is -3.54. The van der Waals surface area contributed by atoms with Crippen LogP contribution >= 0.6 is 0 Å². The Bertz CT molecular complexity index is 961. The SMILES string of the molecule is Cc1ccc(S(=O)(=O)NC2CCC(Oc3nccnc3C#N)CC2)cc1C. The maximum Gasteiger partial charge on any atom is 0.251 e. The van der Waals surface area contributed by atoms with Gasteiger partial charge in [0.25, 0.3) is 5.88 Å². The molecule has 3 rings (SSSR count). The highest BCUT2D eigenvalue weighted by Gasteiger charge is 2.27. The van der Waals surface area contributed by atoms with E-state index in [9.17, 15) is 8.42 Å². The zero-order chi connectivity index (χ0) is 19.4. The highest BCUT2D eigenvalue weighted by atomic mass is 32.2. The van der Waals surface area contributed by atoms with Gasteiger partial charge in [-0.2, -0.15) is 5.26 Å². The lowest BCUT2D eigenvalue weighted by Crippen LogP contribution is -2.39. The van der Waals surface area contributed by atoms with Crippen molar-refractivity contribution >= 4 is 10.0 Å². The lowest BCUT2D eigenvalue weighted by atomic mass is 9.94. The molecule has 0 amide bonds. The molecule has 7 nitrogen and oxygen atoms in total. The fourth-order valence-corrected chi connectivity index (χ4v) is 4.50. The molecule has 1 aromatic heterocycles. The van der Waals surface area contributed by atoms with Gasteiger partial charge >= 0.3 is 0 Å². The van der Waals surface area contributed by atoms with Crippen molar-refractivity contribution in [1.82, 2.24) is 14.7 Å². The molecule has 0 unspecified atom stereocenters. The number of sulfonamides is 1. The summed E-state index contributed by atoms with van der Waals surface area (Å²) in [5.74, 6) is 0.235. The van der Waals surface area contributed by atoms with Gasteiger partial charge < -0.3 is 4.74 Å². The summed E-state index contributed by atoms with van der Waals surface area (Å²) in [4.78, 5) is 8.28. The third kappa shape index (κ3) is 4.62. The Balaban J connectivity index is 1.59. The smallest absolute Gasteiger partial charge is 0.251 e. The molecule has 8 heteroatoms. The number of nitrogens with zero attached hydrogens (tertiary/aromatic N) is 3. The van der Waals surface area contributed by atoms with Crippen molar-refractivity contribution in [2.24, 2.45) is 0 Å². The molecular weight excluding hydrogens is 364 g/mol. The van der Waals surface area contributed by atoms with Crippen LogP contribution in [0.2, 0.25) is 0 Å². The van der Waals surface area contributed by atoms with Crippen LogP contribution < -0.4 is 9.46 Å². The minimum Gasteiger partial charge on any atom is -0.472 e. The normalized spacial score (nSPS) is 20.0. The van der Waals surface area contributed by atoms with E-state index < -0.39 is 10.0 Å². The van der Waals surface area contributed by atoms with Crippen LogP contribution in [0.3, 0.4) is 0 Å². The first-order valence-corrected chi connectivity index (χ1v) is 10.3. The number of ether oxygens (including phenoxy) is 1. The molecule has 1 aliphatic carbocycles. The third-order valence-electron chi connectivity index (χ3n) is 4.83. The quantitative estimate of drug-likeness (QED) is 0.847. The summed E-state index contributed by atoms with van der Waals surface area (Å²) >= 11 is 0. The monoisotopic (exact) mass is 386 g/mol. The number of nitriles is 1. The van der Waals surface area contributed by atoms with Crippen LogP contribution in [0.1, 0.15) is 42.5 Å². The standard InChI is InChI=1S/C19H22N4O3S/c1-13-3-8-17(11-14(13)2)27(24,25)23-15-4-6-16(7-5-15)26-19-18(12-20)21-9-10-22-19/h3,8-11,15-16,23H,4-7H2,1-2H3. The molecule has 0 radical (unpaired) electrons. The van der Waals surface area contributed by atoms with E-state index in [1.165, 1.54) is 12.4 Å². The zero-order valence-corrected chi connectivity index (χ0v) is 16.2. The van der Waals surface area contributed by atoms with Crippen LogP contribution in [-0.4, -0.2) is 30.5 Å². The van der Waals surface area contributed by atoms with E-state index in [0.29, 0.717) is 30.6 Å². The summed E-state index contributed by atoms with van der Waals surface area (Å²) in [6, 6.07) is 6.99. The predicted molar refractivity (Wildman–Crippen MR) is 99.7 cm³/mol. The van der Waals surface area contributed by atoms with Gasteiger partial charge in [-0.25, -0.2) is 23.1 Å². The Hall–Kier alpha value is -2.50. The largest absolute Gasteiger partial charge is 0.472 e. The van der Waals surface area contributed by atoms with Gasteiger partial charge in [-0.05, 0) is 62.8 Å². The Labute approximate surface area is 159 Å². The van der Waals surface area contributed by atoms with Crippen molar-refractivity contribution in [1.29, 1.82) is 5.26 Å². The van der Waals surface area contributed by atoms with Gasteiger partial charge in [0.05, 0.1) is 4.90 Å². The molecule has 1 aromatic carbocycles. The Morgan fingerprint density at radius 2 is 1.81 bits per heavy atom. The fourth-order valence-electron chi connectivity index (χ4n) is 3.11. The number of benzene rings is 1. The van der Waals surface area contributed by atoms with Gasteiger partial charge in [0, 0.05) is 18.4 Å². The van der Waals surface area contributed by atoms with Gasteiger partial charge in [-0.15, -0.1) is 0 Å². The first-order chi connectivity index (χ1) is 12.9. The number of nitrogens with one attached hydrogen (secondary N) is 1. The van der Waals surface area contributed by atoms with Crippen LogP contribution in [0.4, 0.5) is 0 Å². The summed E-state index contributed by atoms with van der Waals surface area (Å²) < 4.78 is 33.8. The number of hydrogen-bond donors (Lipinski definition) is 1. The molecule has 0 bridgehead atoms. The molecule has 1 aliphatic rings. The van der Waals surface area contributed by atoms with Crippen molar-refractivity contribution in [2.75, 3.05) is 0 Å². The molecule has 27 heavy (non-hydrogen) atoms. The summed E-state index contributed by atoms with van der Waals surface area (Å²) in [5.41, 5.74) is 2.18. The Morgan fingerprint density at radius 1 is 1.11 bits per heavy atom. The van der Waals surface area contributed by atoms with Crippen LogP contribution in [-0.2, 0) is 10.0 Å². The summed E-state index contributed by atoms with van der Waals surface area (Å²) in [5, 5.41) is 9.05. The first kappa shape index (κ1) is 19.3. The molecule has 1 saturated carbocycles. The molecular formula is C19H22N4O3S. The topological polar surface area (TPSA) is 105 Å². The van der Waals surface area contributed by atoms with E-state index >= 15 is 0 Å². The van der Waals surface area contributed by atoms with E-state index in [1.54, 1.807) is 12.1 Å². The van der Waals surface area contributed by atoms with Crippen molar-refractivity contribution < 1.29 is 13.2 Å². The number of aryl methyl sites for hydroxylation is 2. The van der Waals surface area contributed by atoms with Gasteiger partial charge in [0.15, 0.2) is 0 Å². The molecule has 0 saturated heterocycles. The maximum absolute atomic E-state index is 12.6. The number of aromatic nitrogens is 2. The van der Waals surface area contributed by atoms with Crippen molar-refractivity contribution in [3.8, 4) is 11.9 Å². The minimum absolute atomic E-state index is 0.101. The van der Waals surface area contributed by atoms with E-state index in [1.807, 2.05) is 26.0 Å². The molecule has 0 atom stereocenters. The van der Waals surface area contributed by atoms with Crippen LogP contribution in [0.25, 0.3) is 0 Å². The number of rotatable bonds is 5. The lowest BCUT2D eigenvalue weighted by Gasteiger charge is -2.29. The highest BCUT2D eigenvalue weighted by molar-refractivity contribution is 7.89. The van der Waals surface area contributed by atoms with E-state index in [-0.39, 0.29) is 23.7 Å². The summed E-state index contributed by atoms with van der Waals surface area (Å²) in [6.45, 7) is 3.86. The first-order valence-electron chi connectivity index (χ1n) is 8.86. The average Bonchev–Trinajstić information content (AvgIpc) is 2.65. The number of hydrogen-bond acceptors (Lipinski definition) is 6. The fraction of sp³-hybridized carbons (Fsp3) is 0.421. The average molecular weight is 386 g/mol. The van der Waals surface area contributed by atoms with E-state index in [4.69, 9.17) is 10.00 Å². The Morgan fingerprint density at radius 3 is 2.48 bits per heavy atom. The van der Waals surface area contributed by atoms with Gasteiger partial charge in [0.2, 0.25) is 15.7 Å². The highest BCUT2D eigenvalue weighted by Crippen LogP contribution is 2.25.